The predicted octanol–water partition coefficient (Wildman–Crippen LogP) is 3.38. The monoisotopic (exact) mass is 170 g/mol. The SMILES string of the molecule is PCCCCc1ccccc1.[HH].[HH]. The molecule has 0 saturated carbocycles. The smallest absolute Gasteiger partial charge is 0 e. The van der Waals surface area contributed by atoms with Crippen molar-refractivity contribution in [2.75, 3.05) is 6.16 Å². The molecule has 1 unspecified atom stereocenters. The van der Waals surface area contributed by atoms with Crippen LogP contribution in [0.25, 0.3) is 0 Å². The maximum atomic E-state index is 2.77. The lowest BCUT2D eigenvalue weighted by Gasteiger charge is -1.98. The Labute approximate surface area is 74.2 Å². The minimum absolute atomic E-state index is 0. The number of hydrogen-bond donors (Lipinski definition) is 0. The zero-order valence-corrected chi connectivity index (χ0v) is 7.95. The van der Waals surface area contributed by atoms with E-state index in [0.29, 0.717) is 0 Å². The second-order valence-corrected chi connectivity index (χ2v) is 3.31. The van der Waals surface area contributed by atoms with E-state index >= 15 is 0 Å². The highest BCUT2D eigenvalue weighted by molar-refractivity contribution is 7.16. The van der Waals surface area contributed by atoms with E-state index in [-0.39, 0.29) is 2.85 Å². The van der Waals surface area contributed by atoms with E-state index in [9.17, 15) is 0 Å². The van der Waals surface area contributed by atoms with Crippen LogP contribution < -0.4 is 0 Å². The Bertz CT molecular complexity index is 189. The Morgan fingerprint density at radius 1 is 1.09 bits per heavy atom. The Morgan fingerprint density at radius 2 is 1.82 bits per heavy atom. The van der Waals surface area contributed by atoms with Gasteiger partial charge in [-0.2, -0.15) is 0 Å². The first-order chi connectivity index (χ1) is 5.43. The summed E-state index contributed by atoms with van der Waals surface area (Å²) in [4.78, 5) is 0. The van der Waals surface area contributed by atoms with Crippen LogP contribution in [0.3, 0.4) is 0 Å². The predicted molar refractivity (Wildman–Crippen MR) is 58.2 cm³/mol. The lowest BCUT2D eigenvalue weighted by atomic mass is 10.1. The second-order valence-electron chi connectivity index (χ2n) is 2.73. The number of rotatable bonds is 4. The zero-order valence-electron chi connectivity index (χ0n) is 6.79. The molecule has 11 heavy (non-hydrogen) atoms. The van der Waals surface area contributed by atoms with Crippen LogP contribution in [0.2, 0.25) is 0 Å². The van der Waals surface area contributed by atoms with Crippen LogP contribution >= 0.6 is 9.24 Å². The molecule has 1 rings (SSSR count). The quantitative estimate of drug-likeness (QED) is 0.480. The minimum atomic E-state index is 0. The van der Waals surface area contributed by atoms with E-state index in [1.54, 1.807) is 0 Å². The first kappa shape index (κ1) is 8.74. The van der Waals surface area contributed by atoms with Crippen molar-refractivity contribution in [3.8, 4) is 0 Å². The van der Waals surface area contributed by atoms with Gasteiger partial charge in [0.1, 0.15) is 0 Å². The van der Waals surface area contributed by atoms with Gasteiger partial charge in [-0.15, -0.1) is 9.24 Å². The third-order valence-electron chi connectivity index (χ3n) is 1.76. The molecule has 0 fully saturated rings. The molecule has 0 aliphatic heterocycles. The van der Waals surface area contributed by atoms with E-state index in [1.807, 2.05) is 0 Å². The standard InChI is InChI=1S/C10H15P.2H2/c11-9-5-4-8-10-6-2-1-3-7-10;;/h1-3,6-7H,4-5,8-9,11H2;2*1H. The zero-order chi connectivity index (χ0) is 7.94. The molecule has 0 N–H and O–H groups in total. The maximum Gasteiger partial charge on any atom is 0 e. The van der Waals surface area contributed by atoms with Crippen LogP contribution in [-0.2, 0) is 6.42 Å². The van der Waals surface area contributed by atoms with Gasteiger partial charge >= 0.3 is 0 Å². The van der Waals surface area contributed by atoms with E-state index in [4.69, 9.17) is 0 Å². The van der Waals surface area contributed by atoms with Crippen molar-refractivity contribution in [1.82, 2.24) is 0 Å². The second kappa shape index (κ2) is 5.32. The van der Waals surface area contributed by atoms with Gasteiger partial charge in [0, 0.05) is 2.85 Å². The molecule has 0 radical (unpaired) electrons. The van der Waals surface area contributed by atoms with Gasteiger partial charge in [-0.25, -0.2) is 0 Å². The Kier molecular flexibility index (Phi) is 4.23. The average Bonchev–Trinajstić information content (AvgIpc) is 2.07. The van der Waals surface area contributed by atoms with E-state index < -0.39 is 0 Å². The fourth-order valence-electron chi connectivity index (χ4n) is 1.12. The Morgan fingerprint density at radius 3 is 2.45 bits per heavy atom. The summed E-state index contributed by atoms with van der Waals surface area (Å²) < 4.78 is 0. The fraction of sp³-hybridized carbons (Fsp3) is 0.400. The molecule has 0 aromatic heterocycles. The number of hydrogen-bond acceptors (Lipinski definition) is 0. The topological polar surface area (TPSA) is 0 Å². The van der Waals surface area contributed by atoms with Crippen LogP contribution in [0.1, 0.15) is 21.3 Å². The summed E-state index contributed by atoms with van der Waals surface area (Å²) in [6.07, 6.45) is 5.09. The van der Waals surface area contributed by atoms with Gasteiger partial charge in [0.25, 0.3) is 0 Å². The van der Waals surface area contributed by atoms with Gasteiger partial charge in [0.15, 0.2) is 0 Å². The van der Waals surface area contributed by atoms with Crippen LogP contribution in [-0.4, -0.2) is 6.16 Å². The van der Waals surface area contributed by atoms with Crippen LogP contribution in [0, 0.1) is 0 Å². The summed E-state index contributed by atoms with van der Waals surface area (Å²) in [7, 11) is 2.77. The van der Waals surface area contributed by atoms with Crippen molar-refractivity contribution < 1.29 is 2.85 Å². The van der Waals surface area contributed by atoms with E-state index in [2.05, 4.69) is 39.6 Å². The van der Waals surface area contributed by atoms with Crippen molar-refractivity contribution in [3.63, 3.8) is 0 Å². The molecule has 0 nitrogen and oxygen atoms in total. The normalized spacial score (nSPS) is 9.91. The van der Waals surface area contributed by atoms with Crippen molar-refractivity contribution in [2.45, 2.75) is 19.3 Å². The highest BCUT2D eigenvalue weighted by atomic mass is 31.0. The van der Waals surface area contributed by atoms with Crippen molar-refractivity contribution >= 4 is 9.24 Å². The van der Waals surface area contributed by atoms with Crippen molar-refractivity contribution in [1.29, 1.82) is 0 Å². The minimum Gasteiger partial charge on any atom is -0.138 e. The molecule has 0 amide bonds. The fourth-order valence-corrected chi connectivity index (χ4v) is 1.41. The molecule has 0 aliphatic carbocycles. The van der Waals surface area contributed by atoms with Gasteiger partial charge in [-0.1, -0.05) is 30.3 Å². The molecule has 64 valence electrons. The summed E-state index contributed by atoms with van der Waals surface area (Å²) in [5, 5.41) is 0. The largest absolute Gasteiger partial charge is 0.138 e. The first-order valence-electron chi connectivity index (χ1n) is 4.17. The Balaban J connectivity index is 0. The number of unbranched alkanes of at least 4 members (excludes halogenated alkanes) is 1. The number of benzene rings is 1. The summed E-state index contributed by atoms with van der Waals surface area (Å²) in [5.74, 6) is 0. The van der Waals surface area contributed by atoms with Crippen LogP contribution in [0.4, 0.5) is 0 Å². The van der Waals surface area contributed by atoms with Crippen LogP contribution in [0.5, 0.6) is 0 Å². The average molecular weight is 170 g/mol. The molecular weight excluding hydrogens is 151 g/mol. The van der Waals surface area contributed by atoms with Gasteiger partial charge in [-0.05, 0) is 31.0 Å². The highest BCUT2D eigenvalue weighted by Crippen LogP contribution is 2.04. The summed E-state index contributed by atoms with van der Waals surface area (Å²) in [6.45, 7) is 0. The molecular formula is C10H19P. The van der Waals surface area contributed by atoms with Gasteiger partial charge in [0.2, 0.25) is 0 Å². The molecule has 0 spiro atoms. The van der Waals surface area contributed by atoms with Crippen molar-refractivity contribution in [2.24, 2.45) is 0 Å². The molecule has 1 atom stereocenters. The number of aryl methyl sites for hydroxylation is 1. The lowest BCUT2D eigenvalue weighted by molar-refractivity contribution is 0.803. The molecule has 0 aliphatic rings. The van der Waals surface area contributed by atoms with Gasteiger partial charge < -0.3 is 0 Å². The molecule has 1 aromatic carbocycles. The summed E-state index contributed by atoms with van der Waals surface area (Å²) in [5.41, 5.74) is 1.46. The summed E-state index contributed by atoms with van der Waals surface area (Å²) in [6, 6.07) is 10.7. The molecule has 0 bridgehead atoms. The van der Waals surface area contributed by atoms with Crippen molar-refractivity contribution in [3.05, 3.63) is 35.9 Å². The van der Waals surface area contributed by atoms with Gasteiger partial charge in [-0.3, -0.25) is 0 Å². The Hall–Kier alpha value is -0.350. The van der Waals surface area contributed by atoms with E-state index in [1.165, 1.54) is 31.0 Å². The first-order valence-corrected chi connectivity index (χ1v) is 4.99. The third-order valence-corrected chi connectivity index (χ3v) is 2.17. The maximum absolute atomic E-state index is 2.77. The third kappa shape index (κ3) is 3.53. The van der Waals surface area contributed by atoms with E-state index in [0.717, 1.165) is 0 Å². The molecule has 0 heterocycles. The summed E-state index contributed by atoms with van der Waals surface area (Å²) >= 11 is 0. The molecule has 1 aromatic rings. The lowest BCUT2D eigenvalue weighted by Crippen LogP contribution is -1.84. The van der Waals surface area contributed by atoms with Gasteiger partial charge in [0.05, 0.1) is 0 Å². The van der Waals surface area contributed by atoms with Crippen LogP contribution in [0.15, 0.2) is 30.3 Å². The molecule has 0 saturated heterocycles. The molecule has 1 heteroatoms. The highest BCUT2D eigenvalue weighted by Gasteiger charge is 1.89.